The van der Waals surface area contributed by atoms with E-state index in [0.717, 1.165) is 19.6 Å². The number of rotatable bonds is 2. The Morgan fingerprint density at radius 3 is 3.07 bits per heavy atom. The van der Waals surface area contributed by atoms with Crippen LogP contribution in [0.15, 0.2) is 18.2 Å². The first-order valence-corrected chi connectivity index (χ1v) is 5.36. The molecule has 1 aliphatic rings. The molecule has 0 bridgehead atoms. The lowest BCUT2D eigenvalue weighted by atomic mass is 10.00. The van der Waals surface area contributed by atoms with E-state index in [1.807, 2.05) is 0 Å². The van der Waals surface area contributed by atoms with Crippen LogP contribution < -0.4 is 10.6 Å². The number of nitrogens with two attached hydrogens (primary N) is 1. The van der Waals surface area contributed by atoms with Crippen LogP contribution in [0, 0.1) is 6.92 Å². The molecule has 0 saturated heterocycles. The highest BCUT2D eigenvalue weighted by Crippen LogP contribution is 2.27. The van der Waals surface area contributed by atoms with Gasteiger partial charge in [-0.05, 0) is 31.4 Å². The van der Waals surface area contributed by atoms with Crippen LogP contribution in [0.1, 0.15) is 17.5 Å². The molecule has 76 valence electrons. The molecule has 0 aromatic heterocycles. The van der Waals surface area contributed by atoms with Crippen molar-refractivity contribution in [2.75, 3.05) is 24.5 Å². The average Bonchev–Trinajstić information content (AvgIpc) is 2.18. The van der Waals surface area contributed by atoms with Gasteiger partial charge in [-0.25, -0.2) is 0 Å². The van der Waals surface area contributed by atoms with Crippen LogP contribution in [0.5, 0.6) is 0 Å². The summed E-state index contributed by atoms with van der Waals surface area (Å²) in [6, 6.07) is 6.73. The van der Waals surface area contributed by atoms with Gasteiger partial charge in [0.2, 0.25) is 0 Å². The molecule has 0 unspecified atom stereocenters. The summed E-state index contributed by atoms with van der Waals surface area (Å²) in [6.07, 6.45) is 2.48. The van der Waals surface area contributed by atoms with Crippen molar-refractivity contribution >= 4 is 5.69 Å². The predicted molar refractivity (Wildman–Crippen MR) is 60.8 cm³/mol. The molecule has 0 aliphatic carbocycles. The summed E-state index contributed by atoms with van der Waals surface area (Å²) in [6.45, 7) is 5.04. The lowest BCUT2D eigenvalue weighted by Crippen LogP contribution is -2.33. The quantitative estimate of drug-likeness (QED) is 0.769. The topological polar surface area (TPSA) is 29.3 Å². The zero-order valence-electron chi connectivity index (χ0n) is 8.79. The summed E-state index contributed by atoms with van der Waals surface area (Å²) < 4.78 is 0. The second-order valence-electron chi connectivity index (χ2n) is 4.01. The lowest BCUT2D eigenvalue weighted by molar-refractivity contribution is 0.691. The average molecular weight is 190 g/mol. The first-order valence-electron chi connectivity index (χ1n) is 5.36. The lowest BCUT2D eigenvalue weighted by Gasteiger charge is -2.31. The fourth-order valence-corrected chi connectivity index (χ4v) is 2.19. The Labute approximate surface area is 85.7 Å². The zero-order chi connectivity index (χ0) is 9.97. The molecule has 0 spiro atoms. The van der Waals surface area contributed by atoms with Crippen LogP contribution in [-0.4, -0.2) is 19.6 Å². The molecule has 2 nitrogen and oxygen atoms in total. The van der Waals surface area contributed by atoms with E-state index in [1.54, 1.807) is 0 Å². The van der Waals surface area contributed by atoms with E-state index in [0.29, 0.717) is 0 Å². The molecular formula is C12H18N2. The molecule has 1 aliphatic heterocycles. The minimum Gasteiger partial charge on any atom is -0.370 e. The van der Waals surface area contributed by atoms with Gasteiger partial charge in [-0.2, -0.15) is 0 Å². The van der Waals surface area contributed by atoms with Crippen molar-refractivity contribution in [3.8, 4) is 0 Å². The Hall–Kier alpha value is -1.02. The molecule has 2 heteroatoms. The van der Waals surface area contributed by atoms with Crippen LogP contribution in [0.2, 0.25) is 0 Å². The Morgan fingerprint density at radius 2 is 2.29 bits per heavy atom. The molecule has 0 amide bonds. The first kappa shape index (κ1) is 9.53. The maximum Gasteiger partial charge on any atom is 0.0399 e. The highest BCUT2D eigenvalue weighted by molar-refractivity contribution is 5.56. The van der Waals surface area contributed by atoms with E-state index in [4.69, 9.17) is 5.73 Å². The normalized spacial score (nSPS) is 15.4. The molecule has 0 atom stereocenters. The molecule has 0 saturated carbocycles. The summed E-state index contributed by atoms with van der Waals surface area (Å²) >= 11 is 0. The number of fused-ring (bicyclic) bond motifs is 1. The Morgan fingerprint density at radius 1 is 1.43 bits per heavy atom. The van der Waals surface area contributed by atoms with Crippen molar-refractivity contribution in [1.82, 2.24) is 0 Å². The number of nitrogens with zero attached hydrogens (tertiary/aromatic N) is 1. The second-order valence-corrected chi connectivity index (χ2v) is 4.01. The fourth-order valence-electron chi connectivity index (χ4n) is 2.19. The van der Waals surface area contributed by atoms with Crippen molar-refractivity contribution in [2.45, 2.75) is 19.8 Å². The van der Waals surface area contributed by atoms with E-state index < -0.39 is 0 Å². The molecule has 2 rings (SSSR count). The second kappa shape index (κ2) is 4.01. The summed E-state index contributed by atoms with van der Waals surface area (Å²) in [5, 5.41) is 0. The van der Waals surface area contributed by atoms with E-state index in [1.165, 1.54) is 29.7 Å². The number of benzene rings is 1. The van der Waals surface area contributed by atoms with Gasteiger partial charge >= 0.3 is 0 Å². The van der Waals surface area contributed by atoms with Gasteiger partial charge in [-0.15, -0.1) is 0 Å². The molecule has 0 fully saturated rings. The van der Waals surface area contributed by atoms with E-state index in [-0.39, 0.29) is 0 Å². The standard InChI is InChI=1S/C12H18N2/c1-10-4-5-12-11(9-10)3-2-7-14(12)8-6-13/h4-5,9H,2-3,6-8,13H2,1H3. The molecular weight excluding hydrogens is 172 g/mol. The molecule has 1 aromatic carbocycles. The Kier molecular flexibility index (Phi) is 2.73. The van der Waals surface area contributed by atoms with Crippen LogP contribution in [0.25, 0.3) is 0 Å². The van der Waals surface area contributed by atoms with Crippen molar-refractivity contribution in [1.29, 1.82) is 0 Å². The minimum atomic E-state index is 0.743. The number of anilines is 1. The van der Waals surface area contributed by atoms with Gasteiger partial charge < -0.3 is 10.6 Å². The van der Waals surface area contributed by atoms with Gasteiger partial charge in [0.1, 0.15) is 0 Å². The van der Waals surface area contributed by atoms with Crippen LogP contribution in [0.3, 0.4) is 0 Å². The van der Waals surface area contributed by atoms with Crippen LogP contribution in [-0.2, 0) is 6.42 Å². The molecule has 14 heavy (non-hydrogen) atoms. The van der Waals surface area contributed by atoms with Crippen molar-refractivity contribution in [3.05, 3.63) is 29.3 Å². The largest absolute Gasteiger partial charge is 0.370 e. The van der Waals surface area contributed by atoms with E-state index in [2.05, 4.69) is 30.0 Å². The van der Waals surface area contributed by atoms with Crippen molar-refractivity contribution in [2.24, 2.45) is 5.73 Å². The third-order valence-corrected chi connectivity index (χ3v) is 2.85. The van der Waals surface area contributed by atoms with Gasteiger partial charge in [0.15, 0.2) is 0 Å². The number of hydrogen-bond acceptors (Lipinski definition) is 2. The summed E-state index contributed by atoms with van der Waals surface area (Å²) in [5.74, 6) is 0. The van der Waals surface area contributed by atoms with Gasteiger partial charge in [-0.3, -0.25) is 0 Å². The molecule has 1 aromatic rings. The van der Waals surface area contributed by atoms with Gasteiger partial charge in [0.25, 0.3) is 0 Å². The fraction of sp³-hybridized carbons (Fsp3) is 0.500. The SMILES string of the molecule is Cc1ccc2c(c1)CCCN2CCN. The summed E-state index contributed by atoms with van der Waals surface area (Å²) in [5.41, 5.74) is 9.85. The molecule has 2 N–H and O–H groups in total. The predicted octanol–water partition coefficient (Wildman–Crippen LogP) is 1.71. The third-order valence-electron chi connectivity index (χ3n) is 2.85. The molecule has 1 heterocycles. The van der Waals surface area contributed by atoms with Crippen LogP contribution >= 0.6 is 0 Å². The third kappa shape index (κ3) is 1.75. The molecule has 0 radical (unpaired) electrons. The van der Waals surface area contributed by atoms with Gasteiger partial charge in [0, 0.05) is 25.3 Å². The monoisotopic (exact) mass is 190 g/mol. The zero-order valence-corrected chi connectivity index (χ0v) is 8.79. The smallest absolute Gasteiger partial charge is 0.0399 e. The van der Waals surface area contributed by atoms with Gasteiger partial charge in [-0.1, -0.05) is 17.7 Å². The summed E-state index contributed by atoms with van der Waals surface area (Å²) in [4.78, 5) is 2.40. The minimum absolute atomic E-state index is 0.743. The first-order chi connectivity index (χ1) is 6.81. The maximum absolute atomic E-state index is 5.60. The highest BCUT2D eigenvalue weighted by Gasteiger charge is 2.15. The number of aryl methyl sites for hydroxylation is 2. The Balaban J connectivity index is 2.30. The van der Waals surface area contributed by atoms with E-state index >= 15 is 0 Å². The Bertz CT molecular complexity index is 320. The van der Waals surface area contributed by atoms with Gasteiger partial charge in [0.05, 0.1) is 0 Å². The van der Waals surface area contributed by atoms with E-state index in [9.17, 15) is 0 Å². The van der Waals surface area contributed by atoms with Crippen molar-refractivity contribution < 1.29 is 0 Å². The maximum atomic E-state index is 5.60. The van der Waals surface area contributed by atoms with Crippen LogP contribution in [0.4, 0.5) is 5.69 Å². The highest BCUT2D eigenvalue weighted by atomic mass is 15.1. The number of hydrogen-bond donors (Lipinski definition) is 1. The summed E-state index contributed by atoms with van der Waals surface area (Å²) in [7, 11) is 0. The van der Waals surface area contributed by atoms with Crippen molar-refractivity contribution in [3.63, 3.8) is 0 Å².